The zero-order chi connectivity index (χ0) is 17.9. The Bertz CT molecular complexity index is 819. The lowest BCUT2D eigenvalue weighted by Gasteiger charge is -2.21. The first kappa shape index (κ1) is 17.4. The zero-order valence-electron chi connectivity index (χ0n) is 13.9. The van der Waals surface area contributed by atoms with E-state index < -0.39 is 23.1 Å². The summed E-state index contributed by atoms with van der Waals surface area (Å²) in [6.45, 7) is 5.12. The van der Waals surface area contributed by atoms with Gasteiger partial charge in [0.2, 0.25) is 0 Å². The Balaban J connectivity index is 2.67. The van der Waals surface area contributed by atoms with E-state index in [0.29, 0.717) is 0 Å². The smallest absolute Gasteiger partial charge is 0.356 e. The molecule has 0 amide bonds. The van der Waals surface area contributed by atoms with E-state index in [4.69, 9.17) is 4.74 Å². The summed E-state index contributed by atoms with van der Waals surface area (Å²) in [6.07, 6.45) is 1.49. The van der Waals surface area contributed by atoms with Gasteiger partial charge in [-0.3, -0.25) is 9.36 Å². The van der Waals surface area contributed by atoms with Gasteiger partial charge in [-0.25, -0.2) is 14.6 Å². The molecule has 0 N–H and O–H groups in total. The van der Waals surface area contributed by atoms with Crippen LogP contribution in [-0.2, 0) is 9.47 Å². The summed E-state index contributed by atoms with van der Waals surface area (Å²) < 4.78 is 11.0. The highest BCUT2D eigenvalue weighted by Gasteiger charge is 2.24. The van der Waals surface area contributed by atoms with E-state index in [1.807, 2.05) is 0 Å². The summed E-state index contributed by atoms with van der Waals surface area (Å²) >= 11 is 0. The molecule has 0 spiro atoms. The van der Waals surface area contributed by atoms with Crippen molar-refractivity contribution in [1.82, 2.24) is 9.55 Å². The monoisotopic (exact) mass is 330 g/mol. The Morgan fingerprint density at radius 3 is 2.38 bits per heavy atom. The molecule has 0 radical (unpaired) electrons. The molecule has 2 heterocycles. The van der Waals surface area contributed by atoms with Gasteiger partial charge in [-0.1, -0.05) is 6.07 Å². The summed E-state index contributed by atoms with van der Waals surface area (Å²) in [5.74, 6) is -1.21. The molecule has 2 aromatic heterocycles. The van der Waals surface area contributed by atoms with Crippen molar-refractivity contribution >= 4 is 11.9 Å². The molecule has 0 aliphatic carbocycles. The van der Waals surface area contributed by atoms with Crippen LogP contribution in [0.2, 0.25) is 0 Å². The number of carbonyl (C=O) groups is 2. The van der Waals surface area contributed by atoms with Crippen molar-refractivity contribution < 1.29 is 19.1 Å². The van der Waals surface area contributed by atoms with Crippen molar-refractivity contribution in [2.45, 2.75) is 26.4 Å². The van der Waals surface area contributed by atoms with Crippen molar-refractivity contribution in [2.24, 2.45) is 0 Å². The third kappa shape index (κ3) is 3.87. The predicted molar refractivity (Wildman–Crippen MR) is 86.3 cm³/mol. The second-order valence-electron chi connectivity index (χ2n) is 5.98. The van der Waals surface area contributed by atoms with Crippen LogP contribution >= 0.6 is 0 Å². The molecule has 2 rings (SSSR count). The minimum Gasteiger partial charge on any atom is -0.465 e. The zero-order valence-corrected chi connectivity index (χ0v) is 13.9. The van der Waals surface area contributed by atoms with Crippen LogP contribution < -0.4 is 5.56 Å². The van der Waals surface area contributed by atoms with Gasteiger partial charge in [0.15, 0.2) is 0 Å². The van der Waals surface area contributed by atoms with Gasteiger partial charge in [0.05, 0.1) is 12.7 Å². The Kier molecular flexibility index (Phi) is 4.82. The molecule has 7 nitrogen and oxygen atoms in total. The van der Waals surface area contributed by atoms with Crippen LogP contribution in [0.15, 0.2) is 41.3 Å². The second-order valence-corrected chi connectivity index (χ2v) is 5.98. The van der Waals surface area contributed by atoms with Gasteiger partial charge < -0.3 is 9.47 Å². The third-order valence-corrected chi connectivity index (χ3v) is 2.94. The van der Waals surface area contributed by atoms with Crippen LogP contribution in [-0.4, -0.2) is 34.2 Å². The maximum Gasteiger partial charge on any atom is 0.356 e. The number of esters is 2. The highest BCUT2D eigenvalue weighted by Crippen LogP contribution is 2.15. The topological polar surface area (TPSA) is 87.5 Å². The van der Waals surface area contributed by atoms with Crippen molar-refractivity contribution in [3.8, 4) is 5.82 Å². The number of pyridine rings is 2. The molecule has 24 heavy (non-hydrogen) atoms. The number of nitrogens with zero attached hydrogens (tertiary/aromatic N) is 2. The Morgan fingerprint density at radius 1 is 1.12 bits per heavy atom. The average molecular weight is 330 g/mol. The molecule has 0 fully saturated rings. The first-order valence-electron chi connectivity index (χ1n) is 7.23. The van der Waals surface area contributed by atoms with Crippen molar-refractivity contribution in [3.05, 3.63) is 58.1 Å². The standard InChI is InChI=1S/C17H18N2O5/c1-17(2,3)24-16(22)12-9-11(15(21)23-4)10-14(20)19(12)13-7-5-6-8-18-13/h5-10H,1-4H3. The highest BCUT2D eigenvalue weighted by molar-refractivity contribution is 5.94. The SMILES string of the molecule is COC(=O)c1cc(C(=O)OC(C)(C)C)n(-c2ccccn2)c(=O)c1. The van der Waals surface area contributed by atoms with Crippen LogP contribution in [0.5, 0.6) is 0 Å². The minimum absolute atomic E-state index is 0.0319. The fourth-order valence-electron chi connectivity index (χ4n) is 2.01. The lowest BCUT2D eigenvalue weighted by Crippen LogP contribution is -2.31. The van der Waals surface area contributed by atoms with Gasteiger partial charge in [0.1, 0.15) is 17.1 Å². The maximum absolute atomic E-state index is 12.5. The first-order chi connectivity index (χ1) is 11.2. The van der Waals surface area contributed by atoms with Crippen LogP contribution in [0.3, 0.4) is 0 Å². The van der Waals surface area contributed by atoms with E-state index in [1.165, 1.54) is 19.4 Å². The van der Waals surface area contributed by atoms with E-state index in [9.17, 15) is 14.4 Å². The highest BCUT2D eigenvalue weighted by atomic mass is 16.6. The third-order valence-electron chi connectivity index (χ3n) is 2.94. The van der Waals surface area contributed by atoms with E-state index in [-0.39, 0.29) is 17.1 Å². The summed E-state index contributed by atoms with van der Waals surface area (Å²) in [5.41, 5.74) is -1.48. The summed E-state index contributed by atoms with van der Waals surface area (Å²) in [4.78, 5) is 40.8. The Labute approximate surface area is 138 Å². The molecule has 0 saturated carbocycles. The van der Waals surface area contributed by atoms with Gasteiger partial charge >= 0.3 is 11.9 Å². The van der Waals surface area contributed by atoms with E-state index in [0.717, 1.165) is 10.6 Å². The molecule has 0 atom stereocenters. The van der Waals surface area contributed by atoms with Crippen LogP contribution in [0.1, 0.15) is 41.6 Å². The summed E-state index contributed by atoms with van der Waals surface area (Å²) in [7, 11) is 1.19. The first-order valence-corrected chi connectivity index (χ1v) is 7.23. The van der Waals surface area contributed by atoms with Crippen LogP contribution in [0, 0.1) is 0 Å². The number of ether oxygens (including phenoxy) is 2. The number of methoxy groups -OCH3 is 1. The molecule has 2 aromatic rings. The minimum atomic E-state index is -0.761. The molecule has 126 valence electrons. The molecule has 0 aliphatic rings. The molecule has 7 heteroatoms. The number of aromatic nitrogens is 2. The predicted octanol–water partition coefficient (Wildman–Crippen LogP) is 1.97. The largest absolute Gasteiger partial charge is 0.465 e. The summed E-state index contributed by atoms with van der Waals surface area (Å²) in [6, 6.07) is 7.30. The molecule has 0 saturated heterocycles. The fourth-order valence-corrected chi connectivity index (χ4v) is 2.01. The van der Waals surface area contributed by atoms with Crippen LogP contribution in [0.25, 0.3) is 5.82 Å². The quantitative estimate of drug-likeness (QED) is 0.800. The van der Waals surface area contributed by atoms with Crippen molar-refractivity contribution in [2.75, 3.05) is 7.11 Å². The summed E-state index contributed by atoms with van der Waals surface area (Å²) in [5, 5.41) is 0. The Morgan fingerprint density at radius 2 is 1.83 bits per heavy atom. The molecule has 0 aliphatic heterocycles. The van der Waals surface area contributed by atoms with E-state index in [2.05, 4.69) is 9.72 Å². The van der Waals surface area contributed by atoms with E-state index >= 15 is 0 Å². The van der Waals surface area contributed by atoms with Gasteiger partial charge in [-0.05, 0) is 39.0 Å². The number of hydrogen-bond donors (Lipinski definition) is 0. The van der Waals surface area contributed by atoms with E-state index in [1.54, 1.807) is 39.0 Å². The lowest BCUT2D eigenvalue weighted by atomic mass is 10.1. The van der Waals surface area contributed by atoms with Gasteiger partial charge in [-0.15, -0.1) is 0 Å². The molecule has 0 aromatic carbocycles. The van der Waals surface area contributed by atoms with Crippen LogP contribution in [0.4, 0.5) is 0 Å². The van der Waals surface area contributed by atoms with Gasteiger partial charge in [0.25, 0.3) is 5.56 Å². The number of rotatable bonds is 3. The van der Waals surface area contributed by atoms with Crippen molar-refractivity contribution in [1.29, 1.82) is 0 Å². The molecular formula is C17H18N2O5. The molecule has 0 unspecified atom stereocenters. The molecular weight excluding hydrogens is 312 g/mol. The number of hydrogen-bond acceptors (Lipinski definition) is 6. The van der Waals surface area contributed by atoms with Gasteiger partial charge in [0, 0.05) is 12.3 Å². The van der Waals surface area contributed by atoms with Crippen molar-refractivity contribution in [3.63, 3.8) is 0 Å². The second kappa shape index (κ2) is 6.66. The average Bonchev–Trinajstić information content (AvgIpc) is 2.52. The lowest BCUT2D eigenvalue weighted by molar-refractivity contribution is 0.00590. The fraction of sp³-hybridized carbons (Fsp3) is 0.294. The van der Waals surface area contributed by atoms with Gasteiger partial charge in [-0.2, -0.15) is 0 Å². The Hall–Kier alpha value is -2.96. The normalized spacial score (nSPS) is 11.0. The molecule has 0 bridgehead atoms. The number of carbonyl (C=O) groups excluding carboxylic acids is 2. The maximum atomic E-state index is 12.5.